The van der Waals surface area contributed by atoms with Crippen LogP contribution in [0.25, 0.3) is 43.6 Å². The van der Waals surface area contributed by atoms with E-state index in [4.69, 9.17) is 9.47 Å². The lowest BCUT2D eigenvalue weighted by Gasteiger charge is -2.34. The molecule has 4 saturated heterocycles. The third-order valence-electron chi connectivity index (χ3n) is 20.7. The van der Waals surface area contributed by atoms with Crippen molar-refractivity contribution in [2.45, 2.75) is 51.9 Å². The monoisotopic (exact) mass is 1600 g/mol. The van der Waals surface area contributed by atoms with Gasteiger partial charge in [-0.3, -0.25) is 92.1 Å². The van der Waals surface area contributed by atoms with Crippen molar-refractivity contribution in [3.63, 3.8) is 0 Å². The van der Waals surface area contributed by atoms with Gasteiger partial charge in [0.25, 0.3) is 23.6 Å². The standard InChI is InChI=1S/C22H26N6O3.C22H26N6O2.C21H23N5O3.C20H20FN5O2/c1-31-14-13-27-9-11-28(12-10-27)22(29)16-7-8-19-18(15-16)20(25-24-19)21(26-30)23-17-5-3-2-4-6-17;1-2-10-27-11-13-28(14-12-27)22(29)16-8-9-19-18(15-16)20(25-24-19)21(26-30)23-17-6-4-3-5-7-17;1-29-16-8-6-15(7-9-16)22-20(25-28)19-17-13-14(5-10-18(17)23-24-19)21(27)26-11-3-2-4-12-26;21-14-5-7-15(8-6-14)22-19(25-28)18-16-12-13(4-9-17(16)23-24-18)20(27)26-10-2-1-3-11-26/h2-8,15,30H,9-14H2,1H3,(H,23,26)(H,24,25);3-9,15,30H,2,10-14H2,1H3,(H,23,26)(H,24,25);5-10,13,28H,2-4,11-12H2,1H3,(H,22,25)(H,23,24);4-9,12,28H,1-3,10-11H2,(H,22,25)(H,23,24). The predicted molar refractivity (Wildman–Crippen MR) is 447 cm³/mol. The fourth-order valence-electron chi connectivity index (χ4n) is 14.3. The van der Waals surface area contributed by atoms with Crippen molar-refractivity contribution in [3.8, 4) is 5.75 Å². The van der Waals surface area contributed by atoms with Gasteiger partial charge >= 0.3 is 0 Å². The van der Waals surface area contributed by atoms with E-state index >= 15 is 0 Å². The molecule has 4 fully saturated rings. The van der Waals surface area contributed by atoms with Crippen LogP contribution in [0.15, 0.2) is 202 Å². The number of carbonyl (C=O) groups excluding carboxylic acids is 4. The third-order valence-corrected chi connectivity index (χ3v) is 20.7. The predicted octanol–water partition coefficient (Wildman–Crippen LogP) is 11.5. The lowest BCUT2D eigenvalue weighted by atomic mass is 10.1. The van der Waals surface area contributed by atoms with Gasteiger partial charge in [-0.2, -0.15) is 20.4 Å². The number of amidine groups is 4. The first kappa shape index (κ1) is 82.8. The molecule has 0 radical (unpaired) electrons. The van der Waals surface area contributed by atoms with Gasteiger partial charge in [0.15, 0.2) is 23.3 Å². The number of benzene rings is 8. The van der Waals surface area contributed by atoms with Crippen LogP contribution in [0.2, 0.25) is 0 Å². The Labute approximate surface area is 679 Å². The Morgan fingerprint density at radius 3 is 0.975 bits per heavy atom. The van der Waals surface area contributed by atoms with Gasteiger partial charge in [-0.1, -0.05) is 43.3 Å². The maximum Gasteiger partial charge on any atom is 0.253 e. The summed E-state index contributed by atoms with van der Waals surface area (Å²) in [5, 5.41) is 70.1. The number of fused-ring (bicyclic) bond motifs is 4. The highest BCUT2D eigenvalue weighted by atomic mass is 19.1. The van der Waals surface area contributed by atoms with Gasteiger partial charge in [0.05, 0.1) is 58.5 Å². The number of aromatic nitrogens is 8. The summed E-state index contributed by atoms with van der Waals surface area (Å²) in [6, 6.07) is 52.9. The van der Waals surface area contributed by atoms with Gasteiger partial charge < -0.3 is 29.1 Å². The van der Waals surface area contributed by atoms with Crippen LogP contribution < -0.4 is 26.7 Å². The van der Waals surface area contributed by atoms with Crippen LogP contribution in [0, 0.1) is 5.82 Å². The van der Waals surface area contributed by atoms with E-state index in [-0.39, 0.29) is 52.8 Å². The fraction of sp³-hybridized carbons (Fsp3) is 0.294. The zero-order valence-electron chi connectivity index (χ0n) is 65.8. The third kappa shape index (κ3) is 20.6. The molecule has 12 N–H and O–H groups in total. The van der Waals surface area contributed by atoms with Crippen LogP contribution in [0.1, 0.15) is 116 Å². The van der Waals surface area contributed by atoms with Crippen LogP contribution in [-0.2, 0) is 4.74 Å². The molecule has 612 valence electrons. The Hall–Kier alpha value is -13.2. The van der Waals surface area contributed by atoms with Crippen molar-refractivity contribution >= 4 is 113 Å². The summed E-state index contributed by atoms with van der Waals surface area (Å²) < 4.78 is 23.4. The molecular formula is C85H95FN22O10. The maximum atomic E-state index is 13.1. The SMILES string of the molecule is CCCN1CCN(C(=O)c2ccc3[nH]nc(C(=Nc4ccccc4)NO)c3c2)CC1.COCCN1CCN(C(=O)c2ccc3[nH]nc(C(=Nc4ccccc4)NO)c3c2)CC1.COc1ccc(N=C(NO)c2n[nH]c3ccc(C(=O)N4CCCCC4)cc23)cc1.O=C(c1ccc2[nH]nc(C(=Nc3ccc(F)cc3)NO)c2c1)N1CCCCC1. The van der Waals surface area contributed by atoms with E-state index in [1.807, 2.05) is 111 Å². The number of hydrogen-bond donors (Lipinski definition) is 12. The number of piperidine rings is 2. The van der Waals surface area contributed by atoms with Gasteiger partial charge in [-0.25, -0.2) is 24.4 Å². The zero-order valence-corrected chi connectivity index (χ0v) is 65.8. The Morgan fingerprint density at radius 2 is 0.678 bits per heavy atom. The lowest BCUT2D eigenvalue weighted by molar-refractivity contribution is 0.0593. The normalized spacial score (nSPS) is 15.2. The van der Waals surface area contributed by atoms with E-state index in [9.17, 15) is 44.4 Å². The number of hydroxylamine groups is 4. The van der Waals surface area contributed by atoms with Crippen LogP contribution in [0.4, 0.5) is 27.1 Å². The van der Waals surface area contributed by atoms with Crippen molar-refractivity contribution in [2.24, 2.45) is 20.0 Å². The number of carbonyl (C=O) groups is 4. The number of H-pyrrole nitrogens is 4. The van der Waals surface area contributed by atoms with E-state index in [1.165, 1.54) is 30.7 Å². The number of aromatic amines is 4. The van der Waals surface area contributed by atoms with Crippen molar-refractivity contribution in [3.05, 3.63) is 233 Å². The molecule has 12 aromatic rings. The molecule has 4 amide bonds. The van der Waals surface area contributed by atoms with E-state index in [1.54, 1.807) is 80.9 Å². The highest BCUT2D eigenvalue weighted by Crippen LogP contribution is 2.29. The van der Waals surface area contributed by atoms with Crippen LogP contribution in [0.5, 0.6) is 5.75 Å². The number of halogens is 1. The molecule has 4 aliphatic heterocycles. The molecule has 0 aliphatic carbocycles. The largest absolute Gasteiger partial charge is 0.497 e. The molecule has 8 aromatic carbocycles. The first-order valence-corrected chi connectivity index (χ1v) is 39.2. The number of aliphatic imine (C=N–C) groups is 4. The first-order chi connectivity index (χ1) is 57.7. The van der Waals surface area contributed by atoms with E-state index < -0.39 is 0 Å². The number of likely N-dealkylation sites (tertiary alicyclic amines) is 2. The number of para-hydroxylation sites is 2. The fourth-order valence-corrected chi connectivity index (χ4v) is 14.3. The summed E-state index contributed by atoms with van der Waals surface area (Å²) in [7, 11) is 3.29. The summed E-state index contributed by atoms with van der Waals surface area (Å²) in [6.07, 6.45) is 7.57. The second kappa shape index (κ2) is 40.4. The molecule has 118 heavy (non-hydrogen) atoms. The molecule has 8 heterocycles. The highest BCUT2D eigenvalue weighted by molar-refractivity contribution is 6.13. The first-order valence-electron chi connectivity index (χ1n) is 39.2. The summed E-state index contributed by atoms with van der Waals surface area (Å²) >= 11 is 0. The molecule has 32 nitrogen and oxygen atoms in total. The van der Waals surface area contributed by atoms with Gasteiger partial charge in [0, 0.05) is 136 Å². The quantitative estimate of drug-likeness (QED) is 0.0216. The van der Waals surface area contributed by atoms with Crippen LogP contribution in [-0.4, -0.2) is 250 Å². The summed E-state index contributed by atoms with van der Waals surface area (Å²) in [5.74, 6) is 1.05. The summed E-state index contributed by atoms with van der Waals surface area (Å²) in [4.78, 5) is 81.6. The average molecular weight is 1600 g/mol. The average Bonchev–Trinajstić information content (AvgIpc) is 1.64. The number of ether oxygens (including phenoxy) is 2. The highest BCUT2D eigenvalue weighted by Gasteiger charge is 2.28. The Bertz CT molecular complexity index is 5510. The summed E-state index contributed by atoms with van der Waals surface area (Å²) in [5.41, 5.74) is 17.9. The number of rotatable bonds is 18. The van der Waals surface area contributed by atoms with Crippen LogP contribution in [0.3, 0.4) is 0 Å². The molecular weight excluding hydrogens is 1510 g/mol. The maximum absolute atomic E-state index is 13.1. The molecule has 0 spiro atoms. The molecule has 16 rings (SSSR count). The van der Waals surface area contributed by atoms with Crippen molar-refractivity contribution < 1.29 is 53.9 Å². The number of hydrogen-bond acceptors (Lipinski definition) is 20. The van der Waals surface area contributed by atoms with Crippen LogP contribution >= 0.6 is 0 Å². The molecule has 4 aliphatic rings. The van der Waals surface area contributed by atoms with Crippen molar-refractivity contribution in [1.29, 1.82) is 0 Å². The van der Waals surface area contributed by atoms with E-state index in [2.05, 4.69) is 99.4 Å². The van der Waals surface area contributed by atoms with Crippen molar-refractivity contribution in [2.75, 3.05) is 112 Å². The molecule has 0 unspecified atom stereocenters. The minimum Gasteiger partial charge on any atom is -0.497 e. The minimum absolute atomic E-state index is 0.0114. The van der Waals surface area contributed by atoms with Gasteiger partial charge in [-0.15, -0.1) is 0 Å². The number of methoxy groups -OCH3 is 2. The second-order valence-corrected chi connectivity index (χ2v) is 28.4. The second-order valence-electron chi connectivity index (χ2n) is 28.4. The van der Waals surface area contributed by atoms with Gasteiger partial charge in [0.2, 0.25) is 0 Å². The van der Waals surface area contributed by atoms with E-state index in [0.717, 1.165) is 139 Å². The van der Waals surface area contributed by atoms with Crippen molar-refractivity contribution in [1.82, 2.24) is 92.1 Å². The molecule has 0 bridgehead atoms. The van der Waals surface area contributed by atoms with Gasteiger partial charge in [-0.05, 0) is 197 Å². The van der Waals surface area contributed by atoms with Gasteiger partial charge in [0.1, 0.15) is 34.3 Å². The summed E-state index contributed by atoms with van der Waals surface area (Å²) in [6.45, 7) is 14.2. The Morgan fingerprint density at radius 1 is 0.381 bits per heavy atom. The zero-order chi connectivity index (χ0) is 82.3. The van der Waals surface area contributed by atoms with E-state index in [0.29, 0.717) is 115 Å². The molecule has 0 atom stereocenters. The topological polar surface area (TPSA) is 399 Å². The number of nitrogens with one attached hydrogen (secondary N) is 8. The Balaban J connectivity index is 0.000000136. The number of nitrogens with zero attached hydrogens (tertiary/aromatic N) is 14. The number of amides is 4. The smallest absolute Gasteiger partial charge is 0.253 e. The Kier molecular flexibility index (Phi) is 28.4. The molecule has 4 aromatic heterocycles. The molecule has 33 heteroatoms. The minimum atomic E-state index is -0.372. The molecule has 0 saturated carbocycles. The lowest BCUT2D eigenvalue weighted by Crippen LogP contribution is -2.49. The number of piperazine rings is 2.